The van der Waals surface area contributed by atoms with E-state index in [4.69, 9.17) is 23.2 Å². The second kappa shape index (κ2) is 8.06. The Labute approximate surface area is 180 Å². The van der Waals surface area contributed by atoms with Gasteiger partial charge in [0.15, 0.2) is 11.4 Å². The molecule has 0 amide bonds. The van der Waals surface area contributed by atoms with E-state index < -0.39 is 4.92 Å². The first-order chi connectivity index (χ1) is 14.4. The monoisotopic (exact) mass is 438 g/mol. The van der Waals surface area contributed by atoms with Gasteiger partial charge in [-0.2, -0.15) is 0 Å². The number of hydrogen-bond donors (Lipinski definition) is 0. The van der Waals surface area contributed by atoms with Crippen LogP contribution in [0.1, 0.15) is 16.1 Å². The summed E-state index contributed by atoms with van der Waals surface area (Å²) in [5, 5.41) is 21.1. The number of ketones is 1. The molecule has 1 aromatic heterocycles. The summed E-state index contributed by atoms with van der Waals surface area (Å²) >= 11 is 11.9. The van der Waals surface area contributed by atoms with Gasteiger partial charge in [-0.25, -0.2) is 0 Å². The quantitative estimate of drug-likeness (QED) is 0.237. The number of halogens is 2. The van der Waals surface area contributed by atoms with Crippen molar-refractivity contribution in [1.82, 2.24) is 15.0 Å². The van der Waals surface area contributed by atoms with Crippen LogP contribution < -0.4 is 0 Å². The normalized spacial score (nSPS) is 10.7. The van der Waals surface area contributed by atoms with E-state index >= 15 is 0 Å². The highest BCUT2D eigenvalue weighted by molar-refractivity contribution is 6.31. The minimum absolute atomic E-state index is 0.0535. The third kappa shape index (κ3) is 3.80. The Morgan fingerprint density at radius 2 is 1.47 bits per heavy atom. The minimum Gasteiger partial charge on any atom is -0.287 e. The van der Waals surface area contributed by atoms with Gasteiger partial charge in [-0.1, -0.05) is 47.5 Å². The lowest BCUT2D eigenvalue weighted by Crippen LogP contribution is -2.06. The SMILES string of the molecule is O=C(c1ccc(Cl)cc1)c1nn(-c2ccccc2[N+](=O)[O-])nc1-c1ccc(Cl)cc1. The average molecular weight is 439 g/mol. The van der Waals surface area contributed by atoms with Gasteiger partial charge >= 0.3 is 0 Å². The summed E-state index contributed by atoms with van der Waals surface area (Å²) < 4.78 is 0. The Kier molecular flexibility index (Phi) is 5.31. The summed E-state index contributed by atoms with van der Waals surface area (Å²) in [4.78, 5) is 25.2. The number of hydrogen-bond acceptors (Lipinski definition) is 5. The Bertz CT molecular complexity index is 1250. The summed E-state index contributed by atoms with van der Waals surface area (Å²) in [5.74, 6) is -0.388. The molecular weight excluding hydrogens is 427 g/mol. The van der Waals surface area contributed by atoms with Crippen LogP contribution in [-0.4, -0.2) is 25.7 Å². The first kappa shape index (κ1) is 19.8. The number of nitro benzene ring substituents is 1. The van der Waals surface area contributed by atoms with Crippen LogP contribution >= 0.6 is 23.2 Å². The average Bonchev–Trinajstić information content (AvgIpc) is 3.19. The molecular formula is C21H12Cl2N4O3. The highest BCUT2D eigenvalue weighted by atomic mass is 35.5. The second-order valence-corrected chi connectivity index (χ2v) is 7.15. The summed E-state index contributed by atoms with van der Waals surface area (Å²) in [6, 6.07) is 19.1. The van der Waals surface area contributed by atoms with Crippen molar-refractivity contribution in [3.8, 4) is 16.9 Å². The first-order valence-electron chi connectivity index (χ1n) is 8.71. The molecule has 0 bridgehead atoms. The van der Waals surface area contributed by atoms with Gasteiger partial charge in [0.2, 0.25) is 5.78 Å². The fraction of sp³-hybridized carbons (Fsp3) is 0. The van der Waals surface area contributed by atoms with E-state index in [0.717, 1.165) is 4.80 Å². The maximum absolute atomic E-state index is 13.2. The van der Waals surface area contributed by atoms with Crippen molar-refractivity contribution in [2.45, 2.75) is 0 Å². The molecule has 4 rings (SSSR count). The van der Waals surface area contributed by atoms with Crippen molar-refractivity contribution >= 4 is 34.7 Å². The number of carbonyl (C=O) groups is 1. The van der Waals surface area contributed by atoms with Gasteiger partial charge in [-0.15, -0.1) is 15.0 Å². The van der Waals surface area contributed by atoms with Crippen LogP contribution in [0.5, 0.6) is 0 Å². The van der Waals surface area contributed by atoms with Crippen LogP contribution in [0, 0.1) is 10.1 Å². The van der Waals surface area contributed by atoms with Crippen molar-refractivity contribution in [2.24, 2.45) is 0 Å². The number of para-hydroxylation sites is 2. The molecule has 7 nitrogen and oxygen atoms in total. The molecule has 0 aliphatic carbocycles. The van der Waals surface area contributed by atoms with Gasteiger partial charge < -0.3 is 0 Å². The van der Waals surface area contributed by atoms with Crippen molar-refractivity contribution in [2.75, 3.05) is 0 Å². The molecule has 1 heterocycles. The zero-order chi connectivity index (χ0) is 21.3. The first-order valence-corrected chi connectivity index (χ1v) is 9.47. The highest BCUT2D eigenvalue weighted by Crippen LogP contribution is 2.28. The summed E-state index contributed by atoms with van der Waals surface area (Å²) in [5.41, 5.74) is 1.27. The van der Waals surface area contributed by atoms with Crippen LogP contribution in [0.4, 0.5) is 5.69 Å². The van der Waals surface area contributed by atoms with E-state index in [2.05, 4.69) is 10.2 Å². The number of nitrogens with zero attached hydrogens (tertiary/aromatic N) is 4. The molecule has 30 heavy (non-hydrogen) atoms. The predicted octanol–water partition coefficient (Wildman–Crippen LogP) is 5.38. The molecule has 0 N–H and O–H groups in total. The molecule has 0 saturated heterocycles. The smallest absolute Gasteiger partial charge is 0.287 e. The molecule has 148 valence electrons. The zero-order valence-corrected chi connectivity index (χ0v) is 16.7. The molecule has 0 aliphatic heterocycles. The molecule has 0 fully saturated rings. The van der Waals surface area contributed by atoms with E-state index in [1.165, 1.54) is 12.1 Å². The molecule has 0 saturated carbocycles. The number of aromatic nitrogens is 3. The molecule has 0 unspecified atom stereocenters. The second-order valence-electron chi connectivity index (χ2n) is 6.28. The number of benzene rings is 3. The van der Waals surface area contributed by atoms with Gasteiger partial charge in [0.25, 0.3) is 5.69 Å². The fourth-order valence-corrected chi connectivity index (χ4v) is 3.15. The van der Waals surface area contributed by atoms with Gasteiger partial charge in [0.1, 0.15) is 5.69 Å². The number of rotatable bonds is 5. The molecule has 0 atom stereocenters. The summed E-state index contributed by atoms with van der Waals surface area (Å²) in [6.07, 6.45) is 0. The number of carbonyl (C=O) groups excluding carboxylic acids is 1. The minimum atomic E-state index is -0.526. The van der Waals surface area contributed by atoms with Gasteiger partial charge in [0.05, 0.1) is 4.92 Å². The van der Waals surface area contributed by atoms with E-state index in [1.54, 1.807) is 60.7 Å². The third-order valence-electron chi connectivity index (χ3n) is 4.35. The van der Waals surface area contributed by atoms with Crippen LogP contribution in [0.25, 0.3) is 16.9 Å². The van der Waals surface area contributed by atoms with Crippen LogP contribution in [-0.2, 0) is 0 Å². The Balaban J connectivity index is 1.90. The summed E-state index contributed by atoms with van der Waals surface area (Å²) in [7, 11) is 0. The highest BCUT2D eigenvalue weighted by Gasteiger charge is 2.24. The molecule has 4 aromatic rings. The van der Waals surface area contributed by atoms with Gasteiger partial charge in [-0.05, 0) is 42.5 Å². The lowest BCUT2D eigenvalue weighted by atomic mass is 10.0. The zero-order valence-electron chi connectivity index (χ0n) is 15.2. The lowest BCUT2D eigenvalue weighted by Gasteiger charge is -2.01. The molecule has 0 spiro atoms. The van der Waals surface area contributed by atoms with Crippen molar-refractivity contribution in [1.29, 1.82) is 0 Å². The van der Waals surface area contributed by atoms with Gasteiger partial charge in [0, 0.05) is 27.2 Å². The Hall–Kier alpha value is -3.55. The Morgan fingerprint density at radius 1 is 0.867 bits per heavy atom. The van der Waals surface area contributed by atoms with Crippen molar-refractivity contribution < 1.29 is 9.72 Å². The molecule has 0 radical (unpaired) electrons. The van der Waals surface area contributed by atoms with Gasteiger partial charge in [-0.3, -0.25) is 14.9 Å². The van der Waals surface area contributed by atoms with Crippen molar-refractivity contribution in [3.05, 3.63) is 104 Å². The van der Waals surface area contributed by atoms with E-state index in [1.807, 2.05) is 0 Å². The van der Waals surface area contributed by atoms with E-state index in [9.17, 15) is 14.9 Å². The number of nitro groups is 1. The van der Waals surface area contributed by atoms with Crippen molar-refractivity contribution in [3.63, 3.8) is 0 Å². The van der Waals surface area contributed by atoms with Crippen LogP contribution in [0.2, 0.25) is 10.0 Å². The predicted molar refractivity (Wildman–Crippen MR) is 113 cm³/mol. The fourth-order valence-electron chi connectivity index (χ4n) is 2.90. The molecule has 0 aliphatic rings. The lowest BCUT2D eigenvalue weighted by molar-refractivity contribution is -0.384. The topological polar surface area (TPSA) is 90.9 Å². The molecule has 9 heteroatoms. The van der Waals surface area contributed by atoms with E-state index in [-0.39, 0.29) is 28.5 Å². The standard InChI is InChI=1S/C21H12Cl2N4O3/c22-15-9-5-13(6-10-15)19-20(21(28)14-7-11-16(23)12-8-14)25-26(24-19)17-3-1-2-4-18(17)27(29)30/h1-12H. The summed E-state index contributed by atoms with van der Waals surface area (Å²) in [6.45, 7) is 0. The third-order valence-corrected chi connectivity index (χ3v) is 4.85. The van der Waals surface area contributed by atoms with E-state index in [0.29, 0.717) is 21.2 Å². The maximum atomic E-state index is 13.2. The Morgan fingerprint density at radius 3 is 2.10 bits per heavy atom. The maximum Gasteiger partial charge on any atom is 0.296 e. The van der Waals surface area contributed by atoms with Crippen LogP contribution in [0.3, 0.4) is 0 Å². The largest absolute Gasteiger partial charge is 0.296 e. The van der Waals surface area contributed by atoms with Crippen LogP contribution in [0.15, 0.2) is 72.8 Å². The molecule has 3 aromatic carbocycles.